The molecule has 1 aliphatic rings. The fraction of sp³-hybridized carbons (Fsp3) is 0.571. The number of rotatable bonds is 4. The summed E-state index contributed by atoms with van der Waals surface area (Å²) in [7, 11) is 4.29. The van der Waals surface area contributed by atoms with Crippen molar-refractivity contribution in [1.29, 1.82) is 0 Å². The molecule has 94 valence electrons. The first-order chi connectivity index (χ1) is 8.16. The second-order valence-corrected chi connectivity index (χ2v) is 5.96. The second kappa shape index (κ2) is 5.98. The highest BCUT2D eigenvalue weighted by molar-refractivity contribution is 9.10. The maximum absolute atomic E-state index is 3.50. The van der Waals surface area contributed by atoms with Crippen molar-refractivity contribution in [2.75, 3.05) is 33.7 Å². The predicted octanol–water partition coefficient (Wildman–Crippen LogP) is 3.15. The SMILES string of the molecule is CN(C)CCN1CCCC1c1ccc(Br)cc1. The van der Waals surface area contributed by atoms with Crippen LogP contribution in [-0.4, -0.2) is 43.5 Å². The van der Waals surface area contributed by atoms with E-state index in [4.69, 9.17) is 0 Å². The van der Waals surface area contributed by atoms with Crippen LogP contribution in [0.2, 0.25) is 0 Å². The van der Waals surface area contributed by atoms with E-state index in [1.165, 1.54) is 36.0 Å². The Balaban J connectivity index is 2.01. The summed E-state index contributed by atoms with van der Waals surface area (Å²) in [6.07, 6.45) is 2.63. The minimum absolute atomic E-state index is 0.628. The molecule has 2 nitrogen and oxygen atoms in total. The van der Waals surface area contributed by atoms with Gasteiger partial charge in [-0.1, -0.05) is 28.1 Å². The Kier molecular flexibility index (Phi) is 4.60. The van der Waals surface area contributed by atoms with E-state index in [9.17, 15) is 0 Å². The van der Waals surface area contributed by atoms with Crippen LogP contribution < -0.4 is 0 Å². The average Bonchev–Trinajstić information content (AvgIpc) is 2.75. The Morgan fingerprint density at radius 2 is 2.00 bits per heavy atom. The first kappa shape index (κ1) is 13.1. The van der Waals surface area contributed by atoms with Gasteiger partial charge in [-0.05, 0) is 51.2 Å². The number of benzene rings is 1. The third-order valence-electron chi connectivity index (χ3n) is 3.45. The van der Waals surface area contributed by atoms with Crippen LogP contribution >= 0.6 is 15.9 Å². The van der Waals surface area contributed by atoms with Crippen molar-refractivity contribution in [3.63, 3.8) is 0 Å². The molecule has 0 aliphatic carbocycles. The molecule has 1 unspecified atom stereocenters. The van der Waals surface area contributed by atoms with E-state index in [2.05, 4.69) is 64.1 Å². The van der Waals surface area contributed by atoms with Crippen molar-refractivity contribution >= 4 is 15.9 Å². The van der Waals surface area contributed by atoms with E-state index in [1.54, 1.807) is 0 Å². The van der Waals surface area contributed by atoms with Crippen LogP contribution in [0.25, 0.3) is 0 Å². The van der Waals surface area contributed by atoms with E-state index in [0.29, 0.717) is 6.04 Å². The summed E-state index contributed by atoms with van der Waals surface area (Å²) in [5.41, 5.74) is 1.46. The van der Waals surface area contributed by atoms with Crippen LogP contribution in [0.5, 0.6) is 0 Å². The molecule has 1 aromatic rings. The van der Waals surface area contributed by atoms with Gasteiger partial charge in [-0.2, -0.15) is 0 Å². The Hall–Kier alpha value is -0.380. The van der Waals surface area contributed by atoms with Gasteiger partial charge in [-0.15, -0.1) is 0 Å². The summed E-state index contributed by atoms with van der Waals surface area (Å²) in [4.78, 5) is 4.88. The van der Waals surface area contributed by atoms with Crippen molar-refractivity contribution in [3.05, 3.63) is 34.3 Å². The molecule has 0 aromatic heterocycles. The standard InChI is InChI=1S/C14H21BrN2/c1-16(2)10-11-17-9-3-4-14(17)12-5-7-13(15)8-6-12/h5-8,14H,3-4,9-11H2,1-2H3. The first-order valence-corrected chi connectivity index (χ1v) is 7.10. The van der Waals surface area contributed by atoms with Crippen molar-refractivity contribution in [1.82, 2.24) is 9.80 Å². The fourth-order valence-electron chi connectivity index (χ4n) is 2.48. The molecule has 1 fully saturated rings. The molecule has 2 rings (SSSR count). The van der Waals surface area contributed by atoms with E-state index < -0.39 is 0 Å². The fourth-order valence-corrected chi connectivity index (χ4v) is 2.75. The zero-order valence-electron chi connectivity index (χ0n) is 10.7. The predicted molar refractivity (Wildman–Crippen MR) is 76.2 cm³/mol. The summed E-state index contributed by atoms with van der Waals surface area (Å²) in [5, 5.41) is 0. The number of hydrogen-bond donors (Lipinski definition) is 0. The summed E-state index contributed by atoms with van der Waals surface area (Å²) in [6.45, 7) is 3.56. The highest BCUT2D eigenvalue weighted by Gasteiger charge is 2.25. The minimum Gasteiger partial charge on any atom is -0.308 e. The topological polar surface area (TPSA) is 6.48 Å². The van der Waals surface area contributed by atoms with Gasteiger partial charge >= 0.3 is 0 Å². The molecule has 0 spiro atoms. The molecule has 0 radical (unpaired) electrons. The smallest absolute Gasteiger partial charge is 0.0349 e. The van der Waals surface area contributed by atoms with E-state index in [-0.39, 0.29) is 0 Å². The third kappa shape index (κ3) is 3.54. The summed E-state index contributed by atoms with van der Waals surface area (Å²) < 4.78 is 1.17. The van der Waals surface area contributed by atoms with E-state index >= 15 is 0 Å². The molecule has 0 bridgehead atoms. The number of nitrogens with zero attached hydrogens (tertiary/aromatic N) is 2. The lowest BCUT2D eigenvalue weighted by atomic mass is 10.0. The lowest BCUT2D eigenvalue weighted by Gasteiger charge is -2.26. The van der Waals surface area contributed by atoms with Crippen molar-refractivity contribution in [3.8, 4) is 0 Å². The zero-order chi connectivity index (χ0) is 12.3. The molecule has 1 atom stereocenters. The van der Waals surface area contributed by atoms with Gasteiger partial charge in [0, 0.05) is 23.6 Å². The molecule has 1 aromatic carbocycles. The molecule has 0 amide bonds. The molecular weight excluding hydrogens is 276 g/mol. The largest absolute Gasteiger partial charge is 0.308 e. The van der Waals surface area contributed by atoms with Crippen LogP contribution in [0.4, 0.5) is 0 Å². The van der Waals surface area contributed by atoms with Crippen LogP contribution in [0.3, 0.4) is 0 Å². The van der Waals surface area contributed by atoms with E-state index in [0.717, 1.165) is 6.54 Å². The monoisotopic (exact) mass is 296 g/mol. The van der Waals surface area contributed by atoms with Gasteiger partial charge in [-0.3, -0.25) is 4.90 Å². The van der Waals surface area contributed by atoms with Crippen molar-refractivity contribution < 1.29 is 0 Å². The van der Waals surface area contributed by atoms with Gasteiger partial charge in [-0.25, -0.2) is 0 Å². The van der Waals surface area contributed by atoms with Gasteiger partial charge in [0.2, 0.25) is 0 Å². The van der Waals surface area contributed by atoms with Crippen LogP contribution in [0, 0.1) is 0 Å². The summed E-state index contributed by atoms with van der Waals surface area (Å²) in [6, 6.07) is 9.43. The molecule has 3 heteroatoms. The number of halogens is 1. The highest BCUT2D eigenvalue weighted by Crippen LogP contribution is 2.31. The van der Waals surface area contributed by atoms with E-state index in [1.807, 2.05) is 0 Å². The van der Waals surface area contributed by atoms with Gasteiger partial charge in [0.15, 0.2) is 0 Å². The number of hydrogen-bond acceptors (Lipinski definition) is 2. The number of likely N-dealkylation sites (tertiary alicyclic amines) is 1. The van der Waals surface area contributed by atoms with Gasteiger partial charge < -0.3 is 4.90 Å². The maximum atomic E-state index is 3.50. The highest BCUT2D eigenvalue weighted by atomic mass is 79.9. The van der Waals surface area contributed by atoms with Gasteiger partial charge in [0.25, 0.3) is 0 Å². The van der Waals surface area contributed by atoms with Crippen molar-refractivity contribution in [2.24, 2.45) is 0 Å². The molecule has 17 heavy (non-hydrogen) atoms. The average molecular weight is 297 g/mol. The minimum atomic E-state index is 0.628. The lowest BCUT2D eigenvalue weighted by molar-refractivity contribution is 0.227. The van der Waals surface area contributed by atoms with Gasteiger partial charge in [0.05, 0.1) is 0 Å². The maximum Gasteiger partial charge on any atom is 0.0349 e. The third-order valence-corrected chi connectivity index (χ3v) is 3.98. The normalized spacial score (nSPS) is 21.3. The summed E-state index contributed by atoms with van der Waals surface area (Å²) in [5.74, 6) is 0. The second-order valence-electron chi connectivity index (χ2n) is 5.05. The summed E-state index contributed by atoms with van der Waals surface area (Å²) >= 11 is 3.50. The first-order valence-electron chi connectivity index (χ1n) is 6.31. The Morgan fingerprint density at radius 3 is 2.65 bits per heavy atom. The molecule has 0 N–H and O–H groups in total. The quantitative estimate of drug-likeness (QED) is 0.842. The van der Waals surface area contributed by atoms with Crippen molar-refractivity contribution in [2.45, 2.75) is 18.9 Å². The molecule has 1 saturated heterocycles. The zero-order valence-corrected chi connectivity index (χ0v) is 12.3. The molecule has 0 saturated carbocycles. The number of likely N-dealkylation sites (N-methyl/N-ethyl adjacent to an activating group) is 1. The molecule has 1 heterocycles. The van der Waals surface area contributed by atoms with Crippen LogP contribution in [0.1, 0.15) is 24.4 Å². The molecular formula is C14H21BrN2. The van der Waals surface area contributed by atoms with Crippen LogP contribution in [0.15, 0.2) is 28.7 Å². The lowest BCUT2D eigenvalue weighted by Crippen LogP contribution is -2.31. The van der Waals surface area contributed by atoms with Crippen LogP contribution in [-0.2, 0) is 0 Å². The Morgan fingerprint density at radius 1 is 1.29 bits per heavy atom. The Labute approximate surface area is 113 Å². The van der Waals surface area contributed by atoms with Gasteiger partial charge in [0.1, 0.15) is 0 Å². The Bertz CT molecular complexity index is 348. The molecule has 1 aliphatic heterocycles.